The fraction of sp³-hybridized carbons (Fsp3) is 0.200. The largest absolute Gasteiger partial charge is 0.320 e. The van der Waals surface area contributed by atoms with Gasteiger partial charge in [-0.15, -0.1) is 0 Å². The van der Waals surface area contributed by atoms with E-state index in [0.717, 1.165) is 0 Å². The highest BCUT2D eigenvalue weighted by Crippen LogP contribution is 1.76. The number of aromatic nitrogens is 3. The smallest absolute Gasteiger partial charge is 0.200 e. The lowest BCUT2D eigenvalue weighted by molar-refractivity contribution is 1.08. The Balaban J connectivity index is 2.67. The van der Waals surface area contributed by atoms with E-state index in [1.807, 2.05) is 0 Å². The minimum Gasteiger partial charge on any atom is -0.320 e. The molecule has 0 fully saturated rings. The van der Waals surface area contributed by atoms with Crippen LogP contribution < -0.4 is 5.73 Å². The number of H-pyrrole nitrogens is 1. The third-order valence-corrected chi connectivity index (χ3v) is 0.724. The first-order chi connectivity index (χ1) is 4.43. The summed E-state index contributed by atoms with van der Waals surface area (Å²) in [7, 11) is 0. The van der Waals surface area contributed by atoms with Crippen molar-refractivity contribution in [2.75, 3.05) is 6.54 Å². The molecule has 0 aliphatic rings. The van der Waals surface area contributed by atoms with E-state index in [0.29, 0.717) is 12.4 Å². The van der Waals surface area contributed by atoms with Crippen molar-refractivity contribution in [2.24, 2.45) is 5.73 Å². The minimum atomic E-state index is 0.348. The molecule has 0 aromatic carbocycles. The highest BCUT2D eigenvalue weighted by Gasteiger charge is 1.82. The molecule has 0 saturated heterocycles. The Labute approximate surface area is 52.5 Å². The number of nitrogens with one attached hydrogen (secondary N) is 1. The van der Waals surface area contributed by atoms with Gasteiger partial charge in [-0.05, 0) is 5.92 Å². The zero-order chi connectivity index (χ0) is 6.53. The summed E-state index contributed by atoms with van der Waals surface area (Å²) in [5, 5.41) is 6.18. The second-order valence-corrected chi connectivity index (χ2v) is 1.34. The summed E-state index contributed by atoms with van der Waals surface area (Å²) < 4.78 is 0. The lowest BCUT2D eigenvalue weighted by Crippen LogP contribution is -1.93. The van der Waals surface area contributed by atoms with Gasteiger partial charge in [0.15, 0.2) is 0 Å². The van der Waals surface area contributed by atoms with Crippen LogP contribution in [0.1, 0.15) is 5.82 Å². The summed E-state index contributed by atoms with van der Waals surface area (Å²) in [6, 6.07) is 0. The normalized spacial score (nSPS) is 8.11. The summed E-state index contributed by atoms with van der Waals surface area (Å²) in [5.41, 5.74) is 5.11. The average Bonchev–Trinajstić information content (AvgIpc) is 2.34. The zero-order valence-corrected chi connectivity index (χ0v) is 4.76. The van der Waals surface area contributed by atoms with Gasteiger partial charge in [0, 0.05) is 0 Å². The van der Waals surface area contributed by atoms with Crippen LogP contribution in [0.2, 0.25) is 0 Å². The van der Waals surface area contributed by atoms with Crippen molar-refractivity contribution in [3.63, 3.8) is 0 Å². The highest BCUT2D eigenvalue weighted by molar-refractivity contribution is 5.18. The van der Waals surface area contributed by atoms with Gasteiger partial charge < -0.3 is 5.73 Å². The number of hydrogen-bond donors (Lipinski definition) is 2. The van der Waals surface area contributed by atoms with Crippen LogP contribution in [0.25, 0.3) is 0 Å². The second-order valence-electron chi connectivity index (χ2n) is 1.34. The molecule has 3 N–H and O–H groups in total. The molecule has 9 heavy (non-hydrogen) atoms. The summed E-state index contributed by atoms with van der Waals surface area (Å²) in [4.78, 5) is 3.76. The maximum Gasteiger partial charge on any atom is 0.200 e. The van der Waals surface area contributed by atoms with Gasteiger partial charge in [-0.2, -0.15) is 5.10 Å². The van der Waals surface area contributed by atoms with E-state index in [1.165, 1.54) is 6.33 Å². The van der Waals surface area contributed by atoms with Crippen LogP contribution in [0.15, 0.2) is 6.33 Å². The number of nitrogens with zero attached hydrogens (tertiary/aromatic N) is 2. The second kappa shape index (κ2) is 2.84. The van der Waals surface area contributed by atoms with E-state index < -0.39 is 0 Å². The van der Waals surface area contributed by atoms with Gasteiger partial charge in [0.25, 0.3) is 0 Å². The first kappa shape index (κ1) is 5.79. The maximum atomic E-state index is 5.11. The Bertz CT molecular complexity index is 215. The lowest BCUT2D eigenvalue weighted by Gasteiger charge is -1.72. The minimum absolute atomic E-state index is 0.348. The molecule has 1 aromatic heterocycles. The molecule has 1 rings (SSSR count). The van der Waals surface area contributed by atoms with Gasteiger partial charge in [-0.3, -0.25) is 5.10 Å². The molecular formula is C5H6N4. The van der Waals surface area contributed by atoms with E-state index in [4.69, 9.17) is 5.73 Å². The Kier molecular flexibility index (Phi) is 1.83. The van der Waals surface area contributed by atoms with Crippen molar-refractivity contribution in [1.82, 2.24) is 15.2 Å². The van der Waals surface area contributed by atoms with Crippen LogP contribution in [0.4, 0.5) is 0 Å². The fourth-order valence-electron chi connectivity index (χ4n) is 0.400. The van der Waals surface area contributed by atoms with Crippen LogP contribution in [0.5, 0.6) is 0 Å². The molecule has 4 nitrogen and oxygen atoms in total. The molecule has 1 aromatic rings. The standard InChI is InChI=1S/C5H6N4/c6-3-1-2-5-7-4-8-9-5/h4H,3,6H2,(H,7,8,9). The number of rotatable bonds is 0. The summed E-state index contributed by atoms with van der Waals surface area (Å²) in [6.45, 7) is 0.348. The highest BCUT2D eigenvalue weighted by atomic mass is 15.2. The number of hydrogen-bond acceptors (Lipinski definition) is 3. The predicted octanol–water partition coefficient (Wildman–Crippen LogP) is -0.885. The third-order valence-electron chi connectivity index (χ3n) is 0.724. The molecule has 46 valence electrons. The summed E-state index contributed by atoms with van der Waals surface area (Å²) >= 11 is 0. The van der Waals surface area contributed by atoms with Crippen molar-refractivity contribution in [2.45, 2.75) is 0 Å². The molecule has 0 atom stereocenters. The lowest BCUT2D eigenvalue weighted by atomic mass is 10.5. The third kappa shape index (κ3) is 1.55. The summed E-state index contributed by atoms with van der Waals surface area (Å²) in [6.07, 6.45) is 1.40. The van der Waals surface area contributed by atoms with Crippen LogP contribution in [-0.2, 0) is 0 Å². The van der Waals surface area contributed by atoms with Crippen molar-refractivity contribution in [3.8, 4) is 11.8 Å². The molecule has 0 aliphatic heterocycles. The molecule has 4 heteroatoms. The first-order valence-electron chi connectivity index (χ1n) is 2.48. The molecule has 0 spiro atoms. The van der Waals surface area contributed by atoms with Crippen LogP contribution in [0, 0.1) is 11.8 Å². The van der Waals surface area contributed by atoms with Crippen molar-refractivity contribution in [3.05, 3.63) is 12.2 Å². The van der Waals surface area contributed by atoms with E-state index in [1.54, 1.807) is 0 Å². The molecule has 1 heterocycles. The predicted molar refractivity (Wildman–Crippen MR) is 32.3 cm³/mol. The Morgan fingerprint density at radius 1 is 1.78 bits per heavy atom. The molecule has 0 saturated carbocycles. The van der Waals surface area contributed by atoms with Gasteiger partial charge in [0.1, 0.15) is 6.33 Å². The quantitative estimate of drug-likeness (QED) is 0.439. The molecule has 0 unspecified atom stereocenters. The van der Waals surface area contributed by atoms with Gasteiger partial charge in [0.2, 0.25) is 5.82 Å². The van der Waals surface area contributed by atoms with Gasteiger partial charge in [-0.1, -0.05) is 5.92 Å². The van der Waals surface area contributed by atoms with E-state index >= 15 is 0 Å². The van der Waals surface area contributed by atoms with Crippen LogP contribution in [-0.4, -0.2) is 21.7 Å². The number of nitrogens with two attached hydrogens (primary N) is 1. The molecular weight excluding hydrogens is 116 g/mol. The topological polar surface area (TPSA) is 67.6 Å². The first-order valence-corrected chi connectivity index (χ1v) is 2.48. The van der Waals surface area contributed by atoms with Crippen molar-refractivity contribution >= 4 is 0 Å². The van der Waals surface area contributed by atoms with Gasteiger partial charge in [0.05, 0.1) is 6.54 Å². The molecule has 0 amide bonds. The van der Waals surface area contributed by atoms with Gasteiger partial charge in [-0.25, -0.2) is 4.98 Å². The van der Waals surface area contributed by atoms with E-state index in [-0.39, 0.29) is 0 Å². The Morgan fingerprint density at radius 3 is 3.22 bits per heavy atom. The SMILES string of the molecule is NCC#Cc1ncn[nH]1. The van der Waals surface area contributed by atoms with Crippen LogP contribution >= 0.6 is 0 Å². The molecule has 0 bridgehead atoms. The maximum absolute atomic E-state index is 5.11. The summed E-state index contributed by atoms with van der Waals surface area (Å²) in [5.74, 6) is 5.87. The fourth-order valence-corrected chi connectivity index (χ4v) is 0.400. The molecule has 0 aliphatic carbocycles. The van der Waals surface area contributed by atoms with Crippen molar-refractivity contribution < 1.29 is 0 Å². The Hall–Kier alpha value is -1.34. The average molecular weight is 122 g/mol. The van der Waals surface area contributed by atoms with Gasteiger partial charge >= 0.3 is 0 Å². The zero-order valence-electron chi connectivity index (χ0n) is 4.76. The van der Waals surface area contributed by atoms with E-state index in [2.05, 4.69) is 27.0 Å². The molecule has 0 radical (unpaired) electrons. The Morgan fingerprint density at radius 2 is 2.67 bits per heavy atom. The number of aromatic amines is 1. The van der Waals surface area contributed by atoms with Crippen LogP contribution in [0.3, 0.4) is 0 Å². The van der Waals surface area contributed by atoms with Crippen molar-refractivity contribution in [1.29, 1.82) is 0 Å². The van der Waals surface area contributed by atoms with E-state index in [9.17, 15) is 0 Å². The monoisotopic (exact) mass is 122 g/mol.